The van der Waals surface area contributed by atoms with E-state index in [2.05, 4.69) is 20.4 Å². The third-order valence-corrected chi connectivity index (χ3v) is 7.96. The molecular formula is C24H26FN5O3S. The molecule has 1 saturated heterocycles. The molecule has 5 heterocycles. The van der Waals surface area contributed by atoms with E-state index in [1.54, 1.807) is 23.9 Å². The van der Waals surface area contributed by atoms with Gasteiger partial charge in [-0.15, -0.1) is 16.9 Å². The third kappa shape index (κ3) is 3.88. The number of pyridine rings is 1. The van der Waals surface area contributed by atoms with Gasteiger partial charge in [0.25, 0.3) is 5.56 Å². The van der Waals surface area contributed by atoms with Gasteiger partial charge in [0.05, 0.1) is 29.3 Å². The second-order valence-electron chi connectivity index (χ2n) is 9.28. The van der Waals surface area contributed by atoms with Crippen LogP contribution in [-0.4, -0.2) is 62.8 Å². The maximum atomic E-state index is 14.8. The predicted molar refractivity (Wildman–Crippen MR) is 127 cm³/mol. The fourth-order valence-corrected chi connectivity index (χ4v) is 6.16. The second kappa shape index (κ2) is 8.60. The van der Waals surface area contributed by atoms with Crippen LogP contribution in [-0.2, 0) is 18.7 Å². The Hall–Kier alpha value is -2.53. The molecule has 8 nitrogen and oxygen atoms in total. The van der Waals surface area contributed by atoms with Crippen LogP contribution in [0.25, 0.3) is 10.9 Å². The zero-order chi connectivity index (χ0) is 23.3. The molecule has 1 fully saturated rings. The molecule has 0 bridgehead atoms. The van der Waals surface area contributed by atoms with Gasteiger partial charge in [0.2, 0.25) is 5.88 Å². The van der Waals surface area contributed by atoms with Crippen LogP contribution in [0.2, 0.25) is 0 Å². The maximum Gasteiger partial charge on any atom is 0.251 e. The molecule has 178 valence electrons. The van der Waals surface area contributed by atoms with Gasteiger partial charge in [0.1, 0.15) is 11.4 Å². The van der Waals surface area contributed by atoms with Crippen LogP contribution in [0.15, 0.2) is 40.0 Å². The van der Waals surface area contributed by atoms with E-state index in [-0.39, 0.29) is 17.7 Å². The van der Waals surface area contributed by atoms with Crippen LogP contribution in [0.3, 0.4) is 0 Å². The van der Waals surface area contributed by atoms with Gasteiger partial charge in [-0.1, -0.05) is 0 Å². The number of aliphatic hydroxyl groups is 1. The maximum absolute atomic E-state index is 14.8. The molecule has 2 N–H and O–H groups in total. The number of ether oxygens (including phenoxy) is 1. The first-order valence-corrected chi connectivity index (χ1v) is 12.6. The SMILES string of the molecule is O=c1ccc2ccc(F)c3c2n1CC3(O)CN1CCC(NCc2cc3c(nn2)OCCS3)CC1. The first-order chi connectivity index (χ1) is 16.5. The topological polar surface area (TPSA) is 92.5 Å². The Morgan fingerprint density at radius 2 is 2.06 bits per heavy atom. The van der Waals surface area contributed by atoms with E-state index in [1.165, 1.54) is 16.7 Å². The summed E-state index contributed by atoms with van der Waals surface area (Å²) in [5.41, 5.74) is 0.0206. The number of benzene rings is 1. The number of hydrogen-bond acceptors (Lipinski definition) is 8. The number of thioether (sulfide) groups is 1. The van der Waals surface area contributed by atoms with Crippen molar-refractivity contribution in [1.82, 2.24) is 25.0 Å². The lowest BCUT2D eigenvalue weighted by atomic mass is 9.92. The molecule has 3 aromatic rings. The molecule has 0 radical (unpaired) electrons. The minimum Gasteiger partial charge on any atom is -0.475 e. The molecule has 2 aromatic heterocycles. The molecule has 34 heavy (non-hydrogen) atoms. The van der Waals surface area contributed by atoms with E-state index in [0.29, 0.717) is 37.1 Å². The molecule has 1 aromatic carbocycles. The Kier molecular flexibility index (Phi) is 5.56. The number of nitrogens with zero attached hydrogens (tertiary/aromatic N) is 4. The van der Waals surface area contributed by atoms with Gasteiger partial charge in [-0.2, -0.15) is 5.10 Å². The molecule has 0 amide bonds. The monoisotopic (exact) mass is 483 g/mol. The normalized spacial score (nSPS) is 22.6. The zero-order valence-electron chi connectivity index (χ0n) is 18.7. The number of halogens is 1. The van der Waals surface area contributed by atoms with Gasteiger partial charge < -0.3 is 19.7 Å². The number of fused-ring (bicyclic) bond motifs is 1. The van der Waals surface area contributed by atoms with Crippen molar-refractivity contribution in [2.45, 2.75) is 42.5 Å². The molecule has 10 heteroatoms. The Labute approximate surface area is 200 Å². The summed E-state index contributed by atoms with van der Waals surface area (Å²) in [6, 6.07) is 8.58. The summed E-state index contributed by atoms with van der Waals surface area (Å²) >= 11 is 1.74. The lowest BCUT2D eigenvalue weighted by Gasteiger charge is -2.37. The first-order valence-electron chi connectivity index (χ1n) is 11.6. The molecule has 1 unspecified atom stereocenters. The largest absolute Gasteiger partial charge is 0.475 e. The number of hydrogen-bond donors (Lipinski definition) is 2. The second-order valence-corrected chi connectivity index (χ2v) is 10.4. The highest BCUT2D eigenvalue weighted by atomic mass is 32.2. The Bertz CT molecular complexity index is 1310. The van der Waals surface area contributed by atoms with Crippen LogP contribution in [0.5, 0.6) is 5.88 Å². The third-order valence-electron chi connectivity index (χ3n) is 6.99. The van der Waals surface area contributed by atoms with E-state index in [4.69, 9.17) is 4.74 Å². The number of aromatic nitrogens is 3. The quantitative estimate of drug-likeness (QED) is 0.568. The van der Waals surface area contributed by atoms with Crippen molar-refractivity contribution < 1.29 is 14.2 Å². The Morgan fingerprint density at radius 3 is 2.91 bits per heavy atom. The van der Waals surface area contributed by atoms with Gasteiger partial charge in [-0.3, -0.25) is 9.69 Å². The van der Waals surface area contributed by atoms with Gasteiger partial charge >= 0.3 is 0 Å². The average molecular weight is 484 g/mol. The van der Waals surface area contributed by atoms with Gasteiger partial charge in [0, 0.05) is 36.5 Å². The molecule has 0 spiro atoms. The van der Waals surface area contributed by atoms with E-state index in [0.717, 1.165) is 47.7 Å². The fraction of sp³-hybridized carbons (Fsp3) is 0.458. The van der Waals surface area contributed by atoms with E-state index in [1.807, 2.05) is 6.07 Å². The minimum atomic E-state index is -1.42. The number of nitrogens with one attached hydrogen (secondary N) is 1. The van der Waals surface area contributed by atoms with Gasteiger partial charge in [0.15, 0.2) is 0 Å². The fourth-order valence-electron chi connectivity index (χ4n) is 5.33. The predicted octanol–water partition coefficient (Wildman–Crippen LogP) is 1.87. The van der Waals surface area contributed by atoms with Crippen molar-refractivity contribution in [3.8, 4) is 5.88 Å². The highest BCUT2D eigenvalue weighted by molar-refractivity contribution is 7.99. The highest BCUT2D eigenvalue weighted by Crippen LogP contribution is 2.38. The van der Waals surface area contributed by atoms with Crippen molar-refractivity contribution in [1.29, 1.82) is 0 Å². The van der Waals surface area contributed by atoms with Crippen molar-refractivity contribution in [3.05, 3.63) is 57.8 Å². The van der Waals surface area contributed by atoms with Crippen LogP contribution in [0.1, 0.15) is 24.1 Å². The van der Waals surface area contributed by atoms with Crippen LogP contribution in [0, 0.1) is 5.82 Å². The smallest absolute Gasteiger partial charge is 0.251 e. The summed E-state index contributed by atoms with van der Waals surface area (Å²) in [7, 11) is 0. The molecule has 6 rings (SSSR count). The number of piperidine rings is 1. The van der Waals surface area contributed by atoms with Crippen LogP contribution >= 0.6 is 11.8 Å². The van der Waals surface area contributed by atoms with E-state index < -0.39 is 11.4 Å². The minimum absolute atomic E-state index is 0.0797. The van der Waals surface area contributed by atoms with Crippen molar-refractivity contribution in [2.24, 2.45) is 0 Å². The summed E-state index contributed by atoms with van der Waals surface area (Å²) in [5.74, 6) is 1.09. The molecule has 0 aliphatic carbocycles. The van der Waals surface area contributed by atoms with Crippen molar-refractivity contribution in [2.75, 3.05) is 32.0 Å². The molecule has 3 aliphatic rings. The van der Waals surface area contributed by atoms with Gasteiger partial charge in [-0.25, -0.2) is 4.39 Å². The Balaban J connectivity index is 1.09. The average Bonchev–Trinajstić information content (AvgIpc) is 3.17. The summed E-state index contributed by atoms with van der Waals surface area (Å²) in [6.45, 7) is 3.24. The summed E-state index contributed by atoms with van der Waals surface area (Å²) < 4.78 is 21.9. The van der Waals surface area contributed by atoms with Crippen LogP contribution in [0.4, 0.5) is 4.39 Å². The number of β-amino-alcohol motifs (C(OH)–C–C–N with tert-alkyl or cyclic N) is 1. The first kappa shape index (κ1) is 22.0. The molecule has 1 atom stereocenters. The number of likely N-dealkylation sites (tertiary alicyclic amines) is 1. The number of rotatable bonds is 5. The Morgan fingerprint density at radius 1 is 1.24 bits per heavy atom. The molecule has 0 saturated carbocycles. The van der Waals surface area contributed by atoms with Crippen molar-refractivity contribution >= 4 is 22.7 Å². The summed E-state index contributed by atoms with van der Waals surface area (Å²) in [4.78, 5) is 15.6. The zero-order valence-corrected chi connectivity index (χ0v) is 19.5. The van der Waals surface area contributed by atoms with Gasteiger partial charge in [-0.05, 0) is 55.6 Å². The standard InChI is InChI=1S/C24H26FN5O3S/c25-18-3-1-15-2-4-20(31)30-14-24(32,21(18)22(15)30)13-29-7-5-16(6-8-29)26-12-17-11-19-23(28-27-17)33-9-10-34-19/h1-4,11,16,26,32H,5-10,12-14H2. The lowest BCUT2D eigenvalue weighted by Crippen LogP contribution is -2.48. The highest BCUT2D eigenvalue weighted by Gasteiger charge is 2.42. The summed E-state index contributed by atoms with van der Waals surface area (Å²) in [5, 5.41) is 24.3. The molecule has 3 aliphatic heterocycles. The molecular weight excluding hydrogens is 457 g/mol. The van der Waals surface area contributed by atoms with Crippen LogP contribution < -0.4 is 15.6 Å². The summed E-state index contributed by atoms with van der Waals surface area (Å²) in [6.07, 6.45) is 1.82. The lowest BCUT2D eigenvalue weighted by molar-refractivity contribution is -0.0159. The van der Waals surface area contributed by atoms with Crippen molar-refractivity contribution in [3.63, 3.8) is 0 Å². The van der Waals surface area contributed by atoms with E-state index in [9.17, 15) is 14.3 Å². The van der Waals surface area contributed by atoms with E-state index >= 15 is 0 Å².